The van der Waals surface area contributed by atoms with Gasteiger partial charge in [0.05, 0.1) is 23.9 Å². The smallest absolute Gasteiger partial charge is 0.256 e. The van der Waals surface area contributed by atoms with Crippen LogP contribution in [0.25, 0.3) is 27.4 Å². The Kier molecular flexibility index (Phi) is 4.89. The summed E-state index contributed by atoms with van der Waals surface area (Å²) in [5.74, 6) is 1.31. The summed E-state index contributed by atoms with van der Waals surface area (Å²) in [6, 6.07) is 20.5. The number of benzene rings is 2. The number of hydrogen-bond acceptors (Lipinski definition) is 6. The Balaban J connectivity index is 1.58. The molecule has 2 aromatic carbocycles. The van der Waals surface area contributed by atoms with Crippen LogP contribution in [-0.4, -0.2) is 32.8 Å². The first-order chi connectivity index (χ1) is 15.2. The molecular weight excluding hydrogens is 410 g/mol. The molecule has 5 aromatic rings. The number of carbonyl (C=O) groups is 1. The number of para-hydroxylation sites is 1. The Hall–Kier alpha value is -4.04. The molecule has 0 fully saturated rings. The van der Waals surface area contributed by atoms with E-state index in [1.807, 2.05) is 54.0 Å². The fourth-order valence-electron chi connectivity index (χ4n) is 3.15. The van der Waals surface area contributed by atoms with Gasteiger partial charge < -0.3 is 10.1 Å². The molecule has 0 radical (unpaired) electrons. The number of rotatable bonds is 5. The highest BCUT2D eigenvalue weighted by Gasteiger charge is 2.17. The first-order valence-electron chi connectivity index (χ1n) is 9.53. The van der Waals surface area contributed by atoms with Crippen molar-refractivity contribution < 1.29 is 9.53 Å². The minimum Gasteiger partial charge on any atom is -0.497 e. The maximum absolute atomic E-state index is 12.9. The molecule has 0 saturated carbocycles. The van der Waals surface area contributed by atoms with E-state index in [0.717, 1.165) is 10.6 Å². The van der Waals surface area contributed by atoms with E-state index in [-0.39, 0.29) is 5.91 Å². The van der Waals surface area contributed by atoms with E-state index in [0.29, 0.717) is 34.0 Å². The molecule has 7 nitrogen and oxygen atoms in total. The van der Waals surface area contributed by atoms with Crippen LogP contribution < -0.4 is 10.1 Å². The van der Waals surface area contributed by atoms with Crippen molar-refractivity contribution in [3.8, 4) is 22.1 Å². The first kappa shape index (κ1) is 19.0. The van der Waals surface area contributed by atoms with Crippen molar-refractivity contribution in [2.24, 2.45) is 0 Å². The van der Waals surface area contributed by atoms with E-state index in [2.05, 4.69) is 20.4 Å². The van der Waals surface area contributed by atoms with Crippen LogP contribution in [0, 0.1) is 0 Å². The molecule has 5 rings (SSSR count). The van der Waals surface area contributed by atoms with Crippen molar-refractivity contribution in [2.75, 3.05) is 12.4 Å². The van der Waals surface area contributed by atoms with Crippen molar-refractivity contribution >= 4 is 34.1 Å². The fraction of sp³-hybridized carbons (Fsp3) is 0.0435. The van der Waals surface area contributed by atoms with Gasteiger partial charge in [-0.1, -0.05) is 24.3 Å². The molecule has 0 spiro atoms. The lowest BCUT2D eigenvalue weighted by atomic mass is 10.2. The van der Waals surface area contributed by atoms with Crippen LogP contribution in [0.2, 0.25) is 0 Å². The minimum atomic E-state index is -0.283. The third-order valence-corrected chi connectivity index (χ3v) is 5.58. The summed E-state index contributed by atoms with van der Waals surface area (Å²) in [6.45, 7) is 0. The van der Waals surface area contributed by atoms with Crippen LogP contribution in [0.5, 0.6) is 5.75 Å². The quantitative estimate of drug-likeness (QED) is 0.435. The van der Waals surface area contributed by atoms with Crippen LogP contribution in [0.3, 0.4) is 0 Å². The molecule has 1 N–H and O–H groups in total. The second kappa shape index (κ2) is 8.00. The summed E-state index contributed by atoms with van der Waals surface area (Å²) in [6.07, 6.45) is 1.84. The Labute approximate surface area is 182 Å². The largest absolute Gasteiger partial charge is 0.497 e. The van der Waals surface area contributed by atoms with Crippen LogP contribution in [0.1, 0.15) is 10.4 Å². The molecule has 152 valence electrons. The number of fused-ring (bicyclic) bond motifs is 1. The van der Waals surface area contributed by atoms with Crippen molar-refractivity contribution in [3.05, 3.63) is 83.9 Å². The SMILES string of the molecule is COc1ccc(C(=O)Nc2nc(-c3cccs3)nc3cn(-c4ccccc4)nc23)cc1. The van der Waals surface area contributed by atoms with Gasteiger partial charge >= 0.3 is 0 Å². The molecule has 31 heavy (non-hydrogen) atoms. The predicted molar refractivity (Wildman–Crippen MR) is 121 cm³/mol. The van der Waals surface area contributed by atoms with E-state index in [9.17, 15) is 4.79 Å². The highest BCUT2D eigenvalue weighted by atomic mass is 32.1. The molecule has 1 amide bonds. The number of nitrogens with zero attached hydrogens (tertiary/aromatic N) is 4. The number of aromatic nitrogens is 4. The number of hydrogen-bond donors (Lipinski definition) is 1. The lowest BCUT2D eigenvalue weighted by molar-refractivity contribution is 0.102. The van der Waals surface area contributed by atoms with Crippen molar-refractivity contribution in [3.63, 3.8) is 0 Å². The molecule has 0 unspecified atom stereocenters. The number of thiophene rings is 1. The van der Waals surface area contributed by atoms with Gasteiger partial charge in [0.2, 0.25) is 0 Å². The van der Waals surface area contributed by atoms with Gasteiger partial charge in [0.15, 0.2) is 17.2 Å². The lowest BCUT2D eigenvalue weighted by Crippen LogP contribution is -2.14. The van der Waals surface area contributed by atoms with Gasteiger partial charge in [-0.3, -0.25) is 4.79 Å². The summed E-state index contributed by atoms with van der Waals surface area (Å²) in [5, 5.41) is 9.51. The summed E-state index contributed by atoms with van der Waals surface area (Å²) in [4.78, 5) is 23.1. The Morgan fingerprint density at radius 3 is 2.52 bits per heavy atom. The topological polar surface area (TPSA) is 81.9 Å². The summed E-state index contributed by atoms with van der Waals surface area (Å²) >= 11 is 1.54. The Bertz CT molecular complexity index is 1350. The van der Waals surface area contributed by atoms with Gasteiger partial charge in [-0.15, -0.1) is 11.3 Å². The Morgan fingerprint density at radius 2 is 1.81 bits per heavy atom. The van der Waals surface area contributed by atoms with E-state index < -0.39 is 0 Å². The van der Waals surface area contributed by atoms with Crippen LogP contribution in [0.15, 0.2) is 78.3 Å². The molecule has 0 aliphatic heterocycles. The van der Waals surface area contributed by atoms with E-state index in [1.165, 1.54) is 11.3 Å². The molecule has 0 aliphatic rings. The molecule has 8 heteroatoms. The van der Waals surface area contributed by atoms with E-state index >= 15 is 0 Å². The van der Waals surface area contributed by atoms with Gasteiger partial charge in [-0.2, -0.15) is 5.10 Å². The first-order valence-corrected chi connectivity index (χ1v) is 10.4. The lowest BCUT2D eigenvalue weighted by Gasteiger charge is -2.07. The highest BCUT2D eigenvalue weighted by Crippen LogP contribution is 2.28. The normalized spacial score (nSPS) is 10.9. The van der Waals surface area contributed by atoms with Crippen LogP contribution in [0.4, 0.5) is 5.82 Å². The average molecular weight is 427 g/mol. The van der Waals surface area contributed by atoms with Gasteiger partial charge in [0, 0.05) is 5.56 Å². The maximum atomic E-state index is 12.9. The third kappa shape index (κ3) is 3.76. The average Bonchev–Trinajstić information content (AvgIpc) is 3.50. The van der Waals surface area contributed by atoms with Gasteiger partial charge in [0.25, 0.3) is 5.91 Å². The van der Waals surface area contributed by atoms with Crippen molar-refractivity contribution in [2.45, 2.75) is 0 Å². The molecule has 0 aliphatic carbocycles. The second-order valence-electron chi connectivity index (χ2n) is 6.70. The number of nitrogens with one attached hydrogen (secondary N) is 1. The molecule has 0 saturated heterocycles. The molecule has 0 atom stereocenters. The number of carbonyl (C=O) groups excluding carboxylic acids is 1. The number of methoxy groups -OCH3 is 1. The van der Waals surface area contributed by atoms with Crippen LogP contribution in [-0.2, 0) is 0 Å². The summed E-state index contributed by atoms with van der Waals surface area (Å²) < 4.78 is 6.90. The van der Waals surface area contributed by atoms with Gasteiger partial charge in [0.1, 0.15) is 11.3 Å². The van der Waals surface area contributed by atoms with Crippen molar-refractivity contribution in [1.82, 2.24) is 19.7 Å². The van der Waals surface area contributed by atoms with Crippen molar-refractivity contribution in [1.29, 1.82) is 0 Å². The number of anilines is 1. The zero-order chi connectivity index (χ0) is 21.2. The van der Waals surface area contributed by atoms with E-state index in [1.54, 1.807) is 36.1 Å². The zero-order valence-corrected chi connectivity index (χ0v) is 17.3. The minimum absolute atomic E-state index is 0.283. The Morgan fingerprint density at radius 1 is 1.00 bits per heavy atom. The maximum Gasteiger partial charge on any atom is 0.256 e. The van der Waals surface area contributed by atoms with E-state index in [4.69, 9.17) is 4.74 Å². The predicted octanol–water partition coefficient (Wildman–Crippen LogP) is 4.80. The van der Waals surface area contributed by atoms with Gasteiger partial charge in [-0.25, -0.2) is 14.6 Å². The second-order valence-corrected chi connectivity index (χ2v) is 7.65. The van der Waals surface area contributed by atoms with Crippen LogP contribution >= 0.6 is 11.3 Å². The standard InChI is InChI=1S/C23H17N5O2S/c1-30-17-11-9-15(10-12-17)23(29)26-22-20-18(24-21(25-22)19-8-5-13-31-19)14-28(27-20)16-6-3-2-4-7-16/h2-14H,1H3,(H,24,25,26,29). The summed E-state index contributed by atoms with van der Waals surface area (Å²) in [5.41, 5.74) is 2.55. The molecule has 0 bridgehead atoms. The zero-order valence-electron chi connectivity index (χ0n) is 16.5. The number of amides is 1. The highest BCUT2D eigenvalue weighted by molar-refractivity contribution is 7.13. The monoisotopic (exact) mass is 427 g/mol. The molecular formula is C23H17N5O2S. The summed E-state index contributed by atoms with van der Waals surface area (Å²) in [7, 11) is 1.59. The number of ether oxygens (including phenoxy) is 1. The fourth-order valence-corrected chi connectivity index (χ4v) is 3.81. The molecule has 3 heterocycles. The van der Waals surface area contributed by atoms with Gasteiger partial charge in [-0.05, 0) is 47.8 Å². The molecule has 3 aromatic heterocycles. The third-order valence-electron chi connectivity index (χ3n) is 4.71.